The largest absolute Gasteiger partial charge is 0.494 e. The number of ketones is 2. The third-order valence-electron chi connectivity index (χ3n) is 20.6. The summed E-state index contributed by atoms with van der Waals surface area (Å²) in [5.41, 5.74) is 6.27. The average molecular weight is 1240 g/mol. The summed E-state index contributed by atoms with van der Waals surface area (Å²) < 4.78 is 34.5. The van der Waals surface area contributed by atoms with E-state index in [9.17, 15) is 19.2 Å². The lowest BCUT2D eigenvalue weighted by Gasteiger charge is -2.48. The molecule has 8 atom stereocenters. The maximum atomic E-state index is 12.9. The number of carbonyl (C=O) groups excluding carboxylic acids is 4. The minimum atomic E-state index is -0.750. The van der Waals surface area contributed by atoms with Gasteiger partial charge in [0.2, 0.25) is 0 Å². The number of ether oxygens (including phenoxy) is 2. The van der Waals surface area contributed by atoms with Gasteiger partial charge in [-0.3, -0.25) is 9.59 Å². The highest BCUT2D eigenvalue weighted by molar-refractivity contribution is 6.64. The van der Waals surface area contributed by atoms with Gasteiger partial charge < -0.3 is 28.1 Å². The summed E-state index contributed by atoms with van der Waals surface area (Å²) in [6.45, 7) is 20.6. The number of benzene rings is 4. The molecule has 0 spiro atoms. The molecule has 2 saturated heterocycles. The molecule has 0 radical (unpaired) electrons. The summed E-state index contributed by atoms with van der Waals surface area (Å²) in [6, 6.07) is 26.9. The van der Waals surface area contributed by atoms with Gasteiger partial charge in [0.25, 0.3) is 0 Å². The Bertz CT molecular complexity index is 2790. The molecule has 82 heavy (non-hydrogen) atoms. The Morgan fingerprint density at radius 1 is 0.463 bits per heavy atom. The van der Waals surface area contributed by atoms with Crippen LogP contribution in [0.3, 0.4) is 0 Å². The van der Waals surface area contributed by atoms with Crippen LogP contribution in [0.5, 0.6) is 11.5 Å². The fourth-order valence-corrected chi connectivity index (χ4v) is 14.6. The average Bonchev–Trinajstić information content (AvgIpc) is 3.72. The maximum absolute atomic E-state index is 12.9. The van der Waals surface area contributed by atoms with E-state index in [1.54, 1.807) is 24.3 Å². The van der Waals surface area contributed by atoms with E-state index < -0.39 is 45.2 Å². The zero-order valence-corrected chi connectivity index (χ0v) is 53.2. The van der Waals surface area contributed by atoms with E-state index >= 15 is 0 Å². The lowest BCUT2D eigenvalue weighted by molar-refractivity contribution is -0.130. The van der Waals surface area contributed by atoms with Gasteiger partial charge in [-0.2, -0.15) is 0 Å². The molecule has 4 aromatic rings. The zero-order valence-electron chi connectivity index (χ0n) is 48.7. The predicted octanol–water partition coefficient (Wildman–Crippen LogP) is 15.2. The number of alkyl halides is 6. The van der Waals surface area contributed by atoms with Crippen molar-refractivity contribution >= 4 is 118 Å². The molecule has 0 N–H and O–H groups in total. The fraction of sp³-hybridized carbons (Fsp3) is 0.562. The van der Waals surface area contributed by atoms with Gasteiger partial charge in [-0.05, 0) is 237 Å². The van der Waals surface area contributed by atoms with Crippen molar-refractivity contribution in [1.82, 2.24) is 0 Å². The standard InChI is InChI=1S/2C31H37BO5.2CHCl3/c2*1-29(2)30(3,4)37-32(36-29)21-9-6-19(7-10-21)28(34)35-22-11-13-23-20(18-22)8-12-25-24(23)16-17-31(5)26(25)14-15-27(31)33;2*2-1(3)4/h2*6-7,9-11,13,18,24-26H,8,12,14-17H2,1-5H3;2*1H/t2*24-,25-,26+,31+;;/m11../s1. The number of esters is 2. The molecule has 4 aromatic carbocycles. The summed E-state index contributed by atoms with van der Waals surface area (Å²) in [7, 11) is -0.918. The number of fused-ring (bicyclic) bond motifs is 10. The first-order chi connectivity index (χ1) is 38.4. The van der Waals surface area contributed by atoms with Crippen LogP contribution in [0, 0.1) is 34.5 Å². The van der Waals surface area contributed by atoms with Crippen molar-refractivity contribution in [2.24, 2.45) is 34.5 Å². The van der Waals surface area contributed by atoms with Crippen molar-refractivity contribution in [3.63, 3.8) is 0 Å². The van der Waals surface area contributed by atoms with Gasteiger partial charge in [0.1, 0.15) is 23.1 Å². The normalized spacial score (nSPS) is 29.2. The Labute approximate surface area is 515 Å². The van der Waals surface area contributed by atoms with Crippen LogP contribution in [0.1, 0.15) is 188 Å². The highest BCUT2D eigenvalue weighted by Crippen LogP contribution is 2.61. The smallest absolute Gasteiger partial charge is 0.423 e. The lowest BCUT2D eigenvalue weighted by Crippen LogP contribution is -2.42. The molecule has 6 fully saturated rings. The number of rotatable bonds is 6. The number of hydrogen-bond donors (Lipinski definition) is 0. The SMILES string of the molecule is CC1(C)OB(c2ccc(C(=O)Oc3ccc4c(c3)CC[C@@H]3[C@@H]4CC[C@]4(C)C(=O)CC[C@@H]34)cc2)OC1(C)C.CC1(C)OB(c2ccc(C(=O)Oc3ccc4c(c3)CC[C@@H]3[C@@H]4CC[C@]4(C)C(=O)CC[C@@H]34)cc2)OC1(C)C.ClC(Cl)Cl.ClC(Cl)Cl. The first-order valence-corrected chi connectivity index (χ1v) is 31.6. The van der Waals surface area contributed by atoms with E-state index in [1.807, 2.05) is 91.8 Å². The van der Waals surface area contributed by atoms with E-state index in [1.165, 1.54) is 22.3 Å². The molecule has 8 aliphatic rings. The maximum Gasteiger partial charge on any atom is 0.494 e. The minimum Gasteiger partial charge on any atom is -0.423 e. The first-order valence-electron chi connectivity index (χ1n) is 29.0. The van der Waals surface area contributed by atoms with E-state index in [0.29, 0.717) is 69.7 Å². The molecular formula is C64H76B2Cl6O10. The van der Waals surface area contributed by atoms with Crippen LogP contribution in [-0.2, 0) is 41.0 Å². The van der Waals surface area contributed by atoms with Crippen LogP contribution in [0.15, 0.2) is 84.9 Å². The Morgan fingerprint density at radius 3 is 1.10 bits per heavy atom. The van der Waals surface area contributed by atoms with Crippen molar-refractivity contribution in [3.05, 3.63) is 118 Å². The molecule has 0 aromatic heterocycles. The van der Waals surface area contributed by atoms with Crippen LogP contribution in [-0.4, -0.2) is 68.7 Å². The quantitative estimate of drug-likeness (QED) is 0.0798. The second kappa shape index (κ2) is 24.6. The number of carbonyl (C=O) groups is 4. The Hall–Kier alpha value is -3.13. The van der Waals surface area contributed by atoms with Gasteiger partial charge >= 0.3 is 26.2 Å². The number of Topliss-reactive ketones (excluding diaryl/α,β-unsaturated/α-hetero) is 2. The highest BCUT2D eigenvalue weighted by atomic mass is 35.6. The van der Waals surface area contributed by atoms with Gasteiger partial charge in [0, 0.05) is 23.7 Å². The van der Waals surface area contributed by atoms with E-state index in [0.717, 1.165) is 88.0 Å². The van der Waals surface area contributed by atoms with Crippen LogP contribution in [0.25, 0.3) is 0 Å². The molecule has 2 aliphatic heterocycles. The number of aryl methyl sites for hydroxylation is 2. The molecule has 4 saturated carbocycles. The van der Waals surface area contributed by atoms with Crippen molar-refractivity contribution in [2.45, 2.75) is 189 Å². The molecule has 18 heteroatoms. The second-order valence-corrected chi connectivity index (χ2v) is 30.0. The molecule has 0 bridgehead atoms. The zero-order chi connectivity index (χ0) is 59.5. The highest BCUT2D eigenvalue weighted by Gasteiger charge is 2.57. The third kappa shape index (κ3) is 12.9. The Kier molecular flexibility index (Phi) is 19.0. The van der Waals surface area contributed by atoms with Gasteiger partial charge in [0.05, 0.1) is 33.5 Å². The van der Waals surface area contributed by atoms with Crippen LogP contribution < -0.4 is 20.4 Å². The molecule has 0 amide bonds. The Balaban J connectivity index is 0.000000175. The van der Waals surface area contributed by atoms with Crippen molar-refractivity contribution in [1.29, 1.82) is 0 Å². The van der Waals surface area contributed by atoms with Crippen LogP contribution >= 0.6 is 69.6 Å². The topological polar surface area (TPSA) is 124 Å². The number of hydrogen-bond acceptors (Lipinski definition) is 10. The molecule has 0 unspecified atom stereocenters. The van der Waals surface area contributed by atoms with Crippen molar-refractivity contribution < 1.29 is 47.3 Å². The van der Waals surface area contributed by atoms with Crippen LogP contribution in [0.2, 0.25) is 0 Å². The summed E-state index contributed by atoms with van der Waals surface area (Å²) >= 11 is 28.8. The molecular weight excluding hydrogens is 1160 g/mol. The van der Waals surface area contributed by atoms with Gasteiger partial charge in [-0.25, -0.2) is 9.59 Å². The third-order valence-corrected chi connectivity index (χ3v) is 20.6. The predicted molar refractivity (Wildman–Crippen MR) is 329 cm³/mol. The van der Waals surface area contributed by atoms with E-state index in [4.69, 9.17) is 97.7 Å². The summed E-state index contributed by atoms with van der Waals surface area (Å²) in [5, 5.41) is 0. The molecule has 12 rings (SSSR count). The van der Waals surface area contributed by atoms with Crippen molar-refractivity contribution in [3.8, 4) is 11.5 Å². The lowest BCUT2D eigenvalue weighted by atomic mass is 9.55. The molecule has 440 valence electrons. The van der Waals surface area contributed by atoms with Crippen LogP contribution in [0.4, 0.5) is 0 Å². The molecule has 6 aliphatic carbocycles. The first kappa shape index (κ1) is 63.4. The summed E-state index contributed by atoms with van der Waals surface area (Å²) in [4.78, 5) is 51.0. The molecule has 10 nitrogen and oxygen atoms in total. The van der Waals surface area contributed by atoms with Gasteiger partial charge in [-0.15, -0.1) is 0 Å². The monoisotopic (exact) mass is 1240 g/mol. The van der Waals surface area contributed by atoms with Gasteiger partial charge in [0.15, 0.2) is 8.59 Å². The van der Waals surface area contributed by atoms with Crippen molar-refractivity contribution in [2.75, 3.05) is 0 Å². The minimum absolute atomic E-state index is 0.105. The molecule has 2 heterocycles. The summed E-state index contributed by atoms with van der Waals surface area (Å²) in [5.74, 6) is 4.65. The van der Waals surface area contributed by atoms with E-state index in [2.05, 4.69) is 38.1 Å². The van der Waals surface area contributed by atoms with E-state index in [-0.39, 0.29) is 22.8 Å². The number of halogens is 6. The second-order valence-electron chi connectivity index (χ2n) is 26.1. The Morgan fingerprint density at radius 2 is 0.780 bits per heavy atom. The summed E-state index contributed by atoms with van der Waals surface area (Å²) in [6.07, 6.45) is 11.9. The van der Waals surface area contributed by atoms with Gasteiger partial charge in [-0.1, -0.05) is 120 Å². The fourth-order valence-electron chi connectivity index (χ4n) is 14.6.